The van der Waals surface area contributed by atoms with Gasteiger partial charge in [-0.3, -0.25) is 4.90 Å². The Balaban J connectivity index is 2.66. The van der Waals surface area contributed by atoms with Gasteiger partial charge in [0.2, 0.25) is 0 Å². The summed E-state index contributed by atoms with van der Waals surface area (Å²) in [5, 5.41) is 8.33. The minimum atomic E-state index is -3.00. The fourth-order valence-corrected chi connectivity index (χ4v) is 0.870. The van der Waals surface area contributed by atoms with Crippen LogP contribution in [-0.4, -0.2) is 35.1 Å². The average molecular weight is 163 g/mol. The second-order valence-electron chi connectivity index (χ2n) is 2.33. The highest BCUT2D eigenvalue weighted by Crippen LogP contribution is 2.20. The van der Waals surface area contributed by atoms with Crippen LogP contribution in [0.5, 0.6) is 0 Å². The number of carboxylic acid groups (broad SMARTS) is 1. The van der Waals surface area contributed by atoms with E-state index in [0.717, 1.165) is 12.2 Å². The summed E-state index contributed by atoms with van der Waals surface area (Å²) in [4.78, 5) is 10.9. The lowest BCUT2D eigenvalue weighted by Crippen LogP contribution is -2.42. The molecule has 1 aliphatic heterocycles. The first kappa shape index (κ1) is 7.97. The van der Waals surface area contributed by atoms with E-state index < -0.39 is 18.6 Å². The number of halogens is 2. The van der Waals surface area contributed by atoms with E-state index in [1.165, 1.54) is 0 Å². The maximum absolute atomic E-state index is 12.4. The second kappa shape index (κ2) is 2.48. The monoisotopic (exact) mass is 163 g/mol. The Morgan fingerprint density at radius 1 is 1.64 bits per heavy atom. The fraction of sp³-hybridized carbons (Fsp3) is 0.500. The molecule has 0 fully saturated rings. The van der Waals surface area contributed by atoms with Gasteiger partial charge in [-0.15, -0.1) is 0 Å². The number of amides is 1. The molecule has 5 heteroatoms. The van der Waals surface area contributed by atoms with Crippen molar-refractivity contribution in [3.8, 4) is 0 Å². The third-order valence-electron chi connectivity index (χ3n) is 1.36. The first-order valence-electron chi connectivity index (χ1n) is 3.05. The van der Waals surface area contributed by atoms with E-state index in [0.29, 0.717) is 4.90 Å². The van der Waals surface area contributed by atoms with E-state index in [-0.39, 0.29) is 6.54 Å². The standard InChI is InChI=1S/C6H7F2NO2/c7-6(8)2-1-3-9(4-6)5(10)11/h1-2H,3-4H2,(H,10,11). The lowest BCUT2D eigenvalue weighted by Gasteiger charge is -2.25. The Kier molecular flexibility index (Phi) is 1.80. The van der Waals surface area contributed by atoms with Crippen molar-refractivity contribution in [3.05, 3.63) is 12.2 Å². The van der Waals surface area contributed by atoms with Gasteiger partial charge in [0.15, 0.2) is 0 Å². The van der Waals surface area contributed by atoms with Crippen LogP contribution in [-0.2, 0) is 0 Å². The van der Waals surface area contributed by atoms with Crippen molar-refractivity contribution < 1.29 is 18.7 Å². The minimum absolute atomic E-state index is 0.0466. The van der Waals surface area contributed by atoms with Crippen LogP contribution in [0.3, 0.4) is 0 Å². The predicted molar refractivity (Wildman–Crippen MR) is 33.7 cm³/mol. The molecule has 1 rings (SSSR count). The van der Waals surface area contributed by atoms with Gasteiger partial charge in [-0.1, -0.05) is 6.08 Å². The molecule has 1 N–H and O–H groups in total. The number of hydrogen-bond donors (Lipinski definition) is 1. The zero-order valence-corrected chi connectivity index (χ0v) is 5.63. The molecule has 1 heterocycles. The molecule has 0 aromatic carbocycles. The minimum Gasteiger partial charge on any atom is -0.465 e. The summed E-state index contributed by atoms with van der Waals surface area (Å²) in [6, 6.07) is 0. The van der Waals surface area contributed by atoms with Crippen molar-refractivity contribution in [2.24, 2.45) is 0 Å². The Hall–Kier alpha value is -1.13. The maximum Gasteiger partial charge on any atom is 0.407 e. The van der Waals surface area contributed by atoms with Crippen LogP contribution in [0.4, 0.5) is 13.6 Å². The Bertz CT molecular complexity index is 203. The van der Waals surface area contributed by atoms with Crippen LogP contribution in [0.25, 0.3) is 0 Å². The molecule has 0 saturated heterocycles. The summed E-state index contributed by atoms with van der Waals surface area (Å²) >= 11 is 0. The first-order valence-corrected chi connectivity index (χ1v) is 3.05. The van der Waals surface area contributed by atoms with Gasteiger partial charge in [-0.25, -0.2) is 13.6 Å². The van der Waals surface area contributed by atoms with Gasteiger partial charge in [0.25, 0.3) is 5.92 Å². The van der Waals surface area contributed by atoms with Crippen molar-refractivity contribution in [2.75, 3.05) is 13.1 Å². The van der Waals surface area contributed by atoms with Crippen molar-refractivity contribution >= 4 is 6.09 Å². The molecular weight excluding hydrogens is 156 g/mol. The Labute approximate surface area is 61.9 Å². The van der Waals surface area contributed by atoms with E-state index >= 15 is 0 Å². The summed E-state index contributed by atoms with van der Waals surface area (Å²) < 4.78 is 24.8. The first-order chi connectivity index (χ1) is 5.01. The molecule has 62 valence electrons. The van der Waals surface area contributed by atoms with E-state index in [9.17, 15) is 13.6 Å². The molecule has 0 aromatic rings. The largest absolute Gasteiger partial charge is 0.465 e. The van der Waals surface area contributed by atoms with Crippen LogP contribution < -0.4 is 0 Å². The summed E-state index contributed by atoms with van der Waals surface area (Å²) in [6.07, 6.45) is 0.568. The Morgan fingerprint density at radius 2 is 2.27 bits per heavy atom. The third-order valence-corrected chi connectivity index (χ3v) is 1.36. The van der Waals surface area contributed by atoms with Crippen molar-refractivity contribution in [1.29, 1.82) is 0 Å². The summed E-state index contributed by atoms with van der Waals surface area (Å²) in [7, 11) is 0. The van der Waals surface area contributed by atoms with Crippen LogP contribution >= 0.6 is 0 Å². The molecular formula is C6H7F2NO2. The second-order valence-corrected chi connectivity index (χ2v) is 2.33. The van der Waals surface area contributed by atoms with E-state index in [4.69, 9.17) is 5.11 Å². The Morgan fingerprint density at radius 3 is 2.64 bits per heavy atom. The molecule has 0 aliphatic carbocycles. The number of rotatable bonds is 0. The van der Waals surface area contributed by atoms with Gasteiger partial charge >= 0.3 is 6.09 Å². The number of hydrogen-bond acceptors (Lipinski definition) is 1. The lowest BCUT2D eigenvalue weighted by atomic mass is 10.2. The zero-order chi connectivity index (χ0) is 8.48. The zero-order valence-electron chi connectivity index (χ0n) is 5.63. The van der Waals surface area contributed by atoms with Gasteiger partial charge in [-0.05, 0) is 6.08 Å². The highest BCUT2D eigenvalue weighted by Gasteiger charge is 2.33. The third kappa shape index (κ3) is 1.89. The number of alkyl halides is 2. The molecule has 0 atom stereocenters. The number of carbonyl (C=O) groups is 1. The molecule has 0 unspecified atom stereocenters. The molecule has 1 amide bonds. The fourth-order valence-electron chi connectivity index (χ4n) is 0.870. The molecule has 0 radical (unpaired) electrons. The van der Waals surface area contributed by atoms with E-state index in [2.05, 4.69) is 0 Å². The summed E-state index contributed by atoms with van der Waals surface area (Å²) in [5.41, 5.74) is 0. The molecule has 1 aliphatic rings. The average Bonchev–Trinajstić information content (AvgIpc) is 1.85. The molecule has 0 saturated carbocycles. The van der Waals surface area contributed by atoms with E-state index in [1.807, 2.05) is 0 Å². The quantitative estimate of drug-likeness (QED) is 0.544. The van der Waals surface area contributed by atoms with Crippen molar-refractivity contribution in [3.63, 3.8) is 0 Å². The van der Waals surface area contributed by atoms with Crippen LogP contribution in [0.15, 0.2) is 12.2 Å². The number of nitrogens with zero attached hydrogens (tertiary/aromatic N) is 1. The molecule has 11 heavy (non-hydrogen) atoms. The molecule has 0 spiro atoms. The summed E-state index contributed by atoms with van der Waals surface area (Å²) in [5.74, 6) is -3.00. The van der Waals surface area contributed by atoms with Gasteiger partial charge < -0.3 is 5.11 Å². The van der Waals surface area contributed by atoms with E-state index in [1.54, 1.807) is 0 Å². The predicted octanol–water partition coefficient (Wildman–Crippen LogP) is 1.17. The van der Waals surface area contributed by atoms with Gasteiger partial charge in [0.05, 0.1) is 6.54 Å². The molecule has 3 nitrogen and oxygen atoms in total. The molecule has 0 aromatic heterocycles. The van der Waals surface area contributed by atoms with Gasteiger partial charge in [-0.2, -0.15) is 0 Å². The van der Waals surface area contributed by atoms with Crippen LogP contribution in [0.2, 0.25) is 0 Å². The van der Waals surface area contributed by atoms with Gasteiger partial charge in [0.1, 0.15) is 0 Å². The highest BCUT2D eigenvalue weighted by atomic mass is 19.3. The van der Waals surface area contributed by atoms with Crippen LogP contribution in [0, 0.1) is 0 Å². The van der Waals surface area contributed by atoms with Crippen molar-refractivity contribution in [1.82, 2.24) is 4.90 Å². The van der Waals surface area contributed by atoms with Gasteiger partial charge in [0, 0.05) is 6.54 Å². The summed E-state index contributed by atoms with van der Waals surface area (Å²) in [6.45, 7) is -0.691. The van der Waals surface area contributed by atoms with Crippen LogP contribution in [0.1, 0.15) is 0 Å². The maximum atomic E-state index is 12.4. The smallest absolute Gasteiger partial charge is 0.407 e. The van der Waals surface area contributed by atoms with Crippen molar-refractivity contribution in [2.45, 2.75) is 5.92 Å². The lowest BCUT2D eigenvalue weighted by molar-refractivity contribution is 0.0115. The SMILES string of the molecule is O=C(O)N1CC=CC(F)(F)C1. The topological polar surface area (TPSA) is 40.5 Å². The highest BCUT2D eigenvalue weighted by molar-refractivity contribution is 5.65. The normalized spacial score (nSPS) is 21.8. The molecule has 0 bridgehead atoms.